The van der Waals surface area contributed by atoms with Crippen LogP contribution in [0.25, 0.3) is 11.4 Å². The van der Waals surface area contributed by atoms with Crippen molar-refractivity contribution in [2.45, 2.75) is 5.03 Å². The molecule has 0 fully saturated rings. The molecule has 6 heteroatoms. The smallest absolute Gasteiger partial charge is 0.316 e. The summed E-state index contributed by atoms with van der Waals surface area (Å²) in [6.45, 7) is 0. The van der Waals surface area contributed by atoms with Crippen molar-refractivity contribution in [1.29, 1.82) is 0 Å². The van der Waals surface area contributed by atoms with Crippen molar-refractivity contribution in [2.24, 2.45) is 0 Å². The molecule has 0 spiro atoms. The third kappa shape index (κ3) is 3.71. The lowest BCUT2D eigenvalue weighted by Gasteiger charge is -2.07. The number of ether oxygens (including phenoxy) is 1. The molecule has 2 aromatic rings. The predicted molar refractivity (Wildman–Crippen MR) is 79.8 cm³/mol. The molecule has 0 amide bonds. The van der Waals surface area contributed by atoms with Gasteiger partial charge in [0.15, 0.2) is 5.82 Å². The van der Waals surface area contributed by atoms with Crippen molar-refractivity contribution >= 4 is 23.5 Å². The summed E-state index contributed by atoms with van der Waals surface area (Å²) in [5.74, 6) is 1.29. The lowest BCUT2D eigenvalue weighted by atomic mass is 10.2. The van der Waals surface area contributed by atoms with E-state index in [0.717, 1.165) is 10.6 Å². The molecule has 0 aliphatic carbocycles. The Hall–Kier alpha value is -2.08. The van der Waals surface area contributed by atoms with E-state index in [1.54, 1.807) is 13.1 Å². The van der Waals surface area contributed by atoms with Gasteiger partial charge in [-0.1, -0.05) is 42.1 Å². The SMILES string of the molecule is CNc1cc(SCC(=O)OC)nc(-c2ccccc2)n1. The van der Waals surface area contributed by atoms with E-state index in [2.05, 4.69) is 20.0 Å². The van der Waals surface area contributed by atoms with E-state index in [0.29, 0.717) is 11.6 Å². The first-order valence-electron chi connectivity index (χ1n) is 6.05. The van der Waals surface area contributed by atoms with Gasteiger partial charge in [-0.25, -0.2) is 9.97 Å². The van der Waals surface area contributed by atoms with Crippen LogP contribution in [0.3, 0.4) is 0 Å². The van der Waals surface area contributed by atoms with Crippen LogP contribution in [0, 0.1) is 0 Å². The molecule has 1 N–H and O–H groups in total. The lowest BCUT2D eigenvalue weighted by molar-refractivity contribution is -0.137. The highest BCUT2D eigenvalue weighted by Gasteiger charge is 2.08. The molecule has 0 aliphatic rings. The van der Waals surface area contributed by atoms with Gasteiger partial charge >= 0.3 is 5.97 Å². The standard InChI is InChI=1S/C14H15N3O2S/c1-15-11-8-12(20-9-13(18)19-2)17-14(16-11)10-6-4-3-5-7-10/h3-8H,9H2,1-2H3,(H,15,16,17). The van der Waals surface area contributed by atoms with Crippen LogP contribution in [0.4, 0.5) is 5.82 Å². The highest BCUT2D eigenvalue weighted by atomic mass is 32.2. The Kier molecular flexibility index (Phi) is 4.95. The average Bonchev–Trinajstić information content (AvgIpc) is 2.53. The molecule has 104 valence electrons. The Balaban J connectivity index is 2.27. The van der Waals surface area contributed by atoms with Crippen LogP contribution in [-0.4, -0.2) is 35.8 Å². The molecule has 0 saturated heterocycles. The normalized spacial score (nSPS) is 10.1. The van der Waals surface area contributed by atoms with E-state index in [1.807, 2.05) is 30.3 Å². The lowest BCUT2D eigenvalue weighted by Crippen LogP contribution is -2.04. The van der Waals surface area contributed by atoms with Crippen LogP contribution in [0.15, 0.2) is 41.4 Å². The molecule has 0 bridgehead atoms. The number of anilines is 1. The number of carbonyl (C=O) groups excluding carboxylic acids is 1. The molecule has 5 nitrogen and oxygen atoms in total. The number of nitrogens with zero attached hydrogens (tertiary/aromatic N) is 2. The molecule has 0 atom stereocenters. The molecule has 0 radical (unpaired) electrons. The number of thioether (sulfide) groups is 1. The van der Waals surface area contributed by atoms with Gasteiger partial charge in [0, 0.05) is 18.7 Å². The Bertz CT molecular complexity index is 590. The minimum Gasteiger partial charge on any atom is -0.468 e. The summed E-state index contributed by atoms with van der Waals surface area (Å²) in [5.41, 5.74) is 0.935. The first-order chi connectivity index (χ1) is 9.72. The molecule has 0 saturated carbocycles. The van der Waals surface area contributed by atoms with Gasteiger partial charge in [-0.05, 0) is 0 Å². The summed E-state index contributed by atoms with van der Waals surface area (Å²) >= 11 is 1.33. The second-order valence-electron chi connectivity index (χ2n) is 3.90. The number of hydrogen-bond acceptors (Lipinski definition) is 6. The second kappa shape index (κ2) is 6.91. The van der Waals surface area contributed by atoms with Crippen LogP contribution >= 0.6 is 11.8 Å². The zero-order chi connectivity index (χ0) is 14.4. The maximum atomic E-state index is 11.2. The minimum atomic E-state index is -0.277. The van der Waals surface area contributed by atoms with E-state index in [9.17, 15) is 4.79 Å². The van der Waals surface area contributed by atoms with Gasteiger partial charge in [0.25, 0.3) is 0 Å². The van der Waals surface area contributed by atoms with Crippen LogP contribution in [-0.2, 0) is 9.53 Å². The minimum absolute atomic E-state index is 0.227. The summed E-state index contributed by atoms with van der Waals surface area (Å²) in [4.78, 5) is 20.1. The number of nitrogens with one attached hydrogen (secondary N) is 1. The Morgan fingerprint density at radius 1 is 1.30 bits per heavy atom. The molecule has 0 aliphatic heterocycles. The molecule has 1 heterocycles. The van der Waals surface area contributed by atoms with Gasteiger partial charge in [0.05, 0.1) is 12.9 Å². The summed E-state index contributed by atoms with van der Waals surface area (Å²) in [5, 5.41) is 3.73. The summed E-state index contributed by atoms with van der Waals surface area (Å²) in [7, 11) is 3.17. The van der Waals surface area contributed by atoms with Gasteiger partial charge in [0.1, 0.15) is 10.8 Å². The third-order valence-corrected chi connectivity index (χ3v) is 3.44. The number of carbonyl (C=O) groups is 1. The van der Waals surface area contributed by atoms with Gasteiger partial charge < -0.3 is 10.1 Å². The number of esters is 1. The number of methoxy groups -OCH3 is 1. The van der Waals surface area contributed by atoms with Gasteiger partial charge in [-0.15, -0.1) is 0 Å². The zero-order valence-electron chi connectivity index (χ0n) is 11.3. The van der Waals surface area contributed by atoms with Crippen LogP contribution in [0.5, 0.6) is 0 Å². The number of benzene rings is 1. The van der Waals surface area contributed by atoms with E-state index in [4.69, 9.17) is 0 Å². The van der Waals surface area contributed by atoms with E-state index >= 15 is 0 Å². The van der Waals surface area contributed by atoms with Crippen molar-refractivity contribution in [1.82, 2.24) is 9.97 Å². The maximum Gasteiger partial charge on any atom is 0.316 e. The van der Waals surface area contributed by atoms with Gasteiger partial charge in [0.2, 0.25) is 0 Å². The molecule has 2 rings (SSSR count). The Morgan fingerprint density at radius 2 is 2.05 bits per heavy atom. The fourth-order valence-corrected chi connectivity index (χ4v) is 2.26. The van der Waals surface area contributed by atoms with Crippen molar-refractivity contribution in [2.75, 3.05) is 25.2 Å². The van der Waals surface area contributed by atoms with Crippen molar-refractivity contribution in [3.63, 3.8) is 0 Å². The summed E-state index contributed by atoms with van der Waals surface area (Å²) in [6, 6.07) is 11.5. The molecule has 1 aromatic heterocycles. The van der Waals surface area contributed by atoms with E-state index in [-0.39, 0.29) is 11.7 Å². The number of aromatic nitrogens is 2. The molecule has 20 heavy (non-hydrogen) atoms. The highest BCUT2D eigenvalue weighted by molar-refractivity contribution is 7.99. The second-order valence-corrected chi connectivity index (χ2v) is 4.89. The van der Waals surface area contributed by atoms with Crippen LogP contribution < -0.4 is 5.32 Å². The topological polar surface area (TPSA) is 64.1 Å². The quantitative estimate of drug-likeness (QED) is 0.518. The van der Waals surface area contributed by atoms with Crippen molar-refractivity contribution in [3.05, 3.63) is 36.4 Å². The zero-order valence-corrected chi connectivity index (χ0v) is 12.1. The fraction of sp³-hybridized carbons (Fsp3) is 0.214. The maximum absolute atomic E-state index is 11.2. The summed E-state index contributed by atoms with van der Waals surface area (Å²) in [6.07, 6.45) is 0. The fourth-order valence-electron chi connectivity index (χ4n) is 1.54. The first-order valence-corrected chi connectivity index (χ1v) is 7.03. The van der Waals surface area contributed by atoms with E-state index in [1.165, 1.54) is 18.9 Å². The van der Waals surface area contributed by atoms with Gasteiger partial charge in [-0.3, -0.25) is 4.79 Å². The Morgan fingerprint density at radius 3 is 2.70 bits per heavy atom. The van der Waals surface area contributed by atoms with Crippen molar-refractivity contribution < 1.29 is 9.53 Å². The molecular weight excluding hydrogens is 274 g/mol. The number of rotatable bonds is 5. The summed E-state index contributed by atoms with van der Waals surface area (Å²) < 4.78 is 4.62. The molecular formula is C14H15N3O2S. The highest BCUT2D eigenvalue weighted by Crippen LogP contribution is 2.23. The molecule has 0 unspecified atom stereocenters. The predicted octanol–water partition coefficient (Wildman–Crippen LogP) is 2.45. The van der Waals surface area contributed by atoms with Crippen LogP contribution in [0.1, 0.15) is 0 Å². The first kappa shape index (κ1) is 14.3. The van der Waals surface area contributed by atoms with Crippen LogP contribution in [0.2, 0.25) is 0 Å². The monoisotopic (exact) mass is 289 g/mol. The van der Waals surface area contributed by atoms with Crippen molar-refractivity contribution in [3.8, 4) is 11.4 Å². The third-order valence-electron chi connectivity index (χ3n) is 2.56. The number of hydrogen-bond donors (Lipinski definition) is 1. The van der Waals surface area contributed by atoms with Gasteiger partial charge in [-0.2, -0.15) is 0 Å². The molecule has 1 aromatic carbocycles. The van der Waals surface area contributed by atoms with E-state index < -0.39 is 0 Å². The average molecular weight is 289 g/mol. The largest absolute Gasteiger partial charge is 0.468 e. The Labute approximate surface area is 121 Å².